The lowest BCUT2D eigenvalue weighted by Crippen LogP contribution is -2.37. The minimum absolute atomic E-state index is 0.0960. The second kappa shape index (κ2) is 5.95. The first-order valence-electron chi connectivity index (χ1n) is 5.30. The zero-order valence-corrected chi connectivity index (χ0v) is 12.5. The van der Waals surface area contributed by atoms with Crippen molar-refractivity contribution in [2.24, 2.45) is 0 Å². The molecule has 0 heterocycles. The summed E-state index contributed by atoms with van der Waals surface area (Å²) in [4.78, 5) is 0.276. The van der Waals surface area contributed by atoms with Gasteiger partial charge in [-0.3, -0.25) is 0 Å². The number of sulfonamides is 1. The van der Waals surface area contributed by atoms with Crippen molar-refractivity contribution in [1.82, 2.24) is 10.0 Å². The van der Waals surface area contributed by atoms with Gasteiger partial charge in [-0.15, -0.1) is 0 Å². The summed E-state index contributed by atoms with van der Waals surface area (Å²) in [6.45, 7) is 4.19. The molecular weight excluding hydrogens is 304 g/mol. The van der Waals surface area contributed by atoms with Crippen molar-refractivity contribution in [1.29, 1.82) is 0 Å². The predicted octanol–water partition coefficient (Wildman–Crippen LogP) is 1.64. The maximum Gasteiger partial charge on any atom is 0.240 e. The molecule has 1 atom stereocenters. The van der Waals surface area contributed by atoms with Crippen molar-refractivity contribution < 1.29 is 8.42 Å². The molecule has 0 bridgehead atoms. The largest absolute Gasteiger partial charge is 0.316 e. The lowest BCUT2D eigenvalue weighted by Gasteiger charge is -2.12. The number of hydrogen-bond donors (Lipinski definition) is 2. The Morgan fingerprint density at radius 1 is 1.41 bits per heavy atom. The van der Waals surface area contributed by atoms with E-state index < -0.39 is 10.0 Å². The Kier molecular flexibility index (Phi) is 5.12. The highest BCUT2D eigenvalue weighted by Crippen LogP contribution is 2.20. The molecular formula is C11H17BrN2O2S. The molecule has 96 valence electrons. The second-order valence-electron chi connectivity index (χ2n) is 3.95. The van der Waals surface area contributed by atoms with Crippen LogP contribution in [-0.4, -0.2) is 28.1 Å². The van der Waals surface area contributed by atoms with Crippen molar-refractivity contribution in [2.45, 2.75) is 24.8 Å². The van der Waals surface area contributed by atoms with Crippen molar-refractivity contribution in [2.75, 3.05) is 13.6 Å². The van der Waals surface area contributed by atoms with E-state index in [1.54, 1.807) is 25.2 Å². The maximum absolute atomic E-state index is 12.0. The smallest absolute Gasteiger partial charge is 0.240 e. The lowest BCUT2D eigenvalue weighted by atomic mass is 10.2. The summed E-state index contributed by atoms with van der Waals surface area (Å²) in [7, 11) is -1.63. The molecule has 1 rings (SSSR count). The molecule has 0 saturated heterocycles. The lowest BCUT2D eigenvalue weighted by molar-refractivity contribution is 0.554. The molecule has 1 unspecified atom stereocenters. The number of rotatable bonds is 5. The number of nitrogens with one attached hydrogen (secondary N) is 2. The first kappa shape index (κ1) is 14.6. The molecule has 0 aliphatic carbocycles. The van der Waals surface area contributed by atoms with Crippen LogP contribution in [0.1, 0.15) is 12.5 Å². The summed E-state index contributed by atoms with van der Waals surface area (Å²) < 4.78 is 27.3. The van der Waals surface area contributed by atoms with Gasteiger partial charge in [0.05, 0.1) is 4.90 Å². The normalized spacial score (nSPS) is 13.6. The van der Waals surface area contributed by atoms with Crippen molar-refractivity contribution in [3.8, 4) is 0 Å². The monoisotopic (exact) mass is 320 g/mol. The van der Waals surface area contributed by atoms with Crippen LogP contribution < -0.4 is 10.0 Å². The quantitative estimate of drug-likeness (QED) is 0.867. The molecule has 0 fully saturated rings. The van der Waals surface area contributed by atoms with Crippen LogP contribution in [-0.2, 0) is 10.0 Å². The van der Waals surface area contributed by atoms with Crippen LogP contribution in [0, 0.1) is 6.92 Å². The Bertz CT molecular complexity index is 488. The van der Waals surface area contributed by atoms with Gasteiger partial charge in [0, 0.05) is 17.1 Å². The van der Waals surface area contributed by atoms with Gasteiger partial charge in [0.25, 0.3) is 0 Å². The standard InChI is InChI=1S/C11H17BrN2O2S/c1-8-4-5-10(6-11(8)12)17(15,16)14-7-9(2)13-3/h4-6,9,13-14H,7H2,1-3H3. The second-order valence-corrected chi connectivity index (χ2v) is 6.57. The Morgan fingerprint density at radius 2 is 2.06 bits per heavy atom. The highest BCUT2D eigenvalue weighted by atomic mass is 79.9. The third-order valence-electron chi connectivity index (χ3n) is 2.53. The summed E-state index contributed by atoms with van der Waals surface area (Å²) in [5.74, 6) is 0. The molecule has 0 aliphatic heterocycles. The zero-order valence-electron chi connectivity index (χ0n) is 10.1. The number of aryl methyl sites for hydroxylation is 1. The summed E-state index contributed by atoms with van der Waals surface area (Å²) in [6.07, 6.45) is 0. The van der Waals surface area contributed by atoms with Crippen LogP contribution in [0.2, 0.25) is 0 Å². The van der Waals surface area contributed by atoms with Gasteiger partial charge in [-0.25, -0.2) is 13.1 Å². The van der Waals surface area contributed by atoms with Crippen molar-refractivity contribution >= 4 is 26.0 Å². The Morgan fingerprint density at radius 3 is 2.59 bits per heavy atom. The fourth-order valence-corrected chi connectivity index (χ4v) is 2.85. The van der Waals surface area contributed by atoms with E-state index >= 15 is 0 Å². The average Bonchev–Trinajstić information content (AvgIpc) is 2.29. The molecule has 1 aromatic carbocycles. The maximum atomic E-state index is 12.0. The minimum Gasteiger partial charge on any atom is -0.316 e. The predicted molar refractivity (Wildman–Crippen MR) is 72.6 cm³/mol. The third-order valence-corrected chi connectivity index (χ3v) is 4.80. The van der Waals surface area contributed by atoms with E-state index in [9.17, 15) is 8.42 Å². The number of benzene rings is 1. The summed E-state index contributed by atoms with van der Waals surface area (Å²) in [6, 6.07) is 5.09. The average molecular weight is 321 g/mol. The molecule has 0 saturated carbocycles. The zero-order chi connectivity index (χ0) is 13.1. The summed E-state index contributed by atoms with van der Waals surface area (Å²) >= 11 is 3.33. The molecule has 0 radical (unpaired) electrons. The Labute approximate surface area is 111 Å². The molecule has 17 heavy (non-hydrogen) atoms. The van der Waals surface area contributed by atoms with E-state index in [-0.39, 0.29) is 10.9 Å². The van der Waals surface area contributed by atoms with E-state index in [1.165, 1.54) is 0 Å². The topological polar surface area (TPSA) is 58.2 Å². The van der Waals surface area contributed by atoms with Gasteiger partial charge in [0.2, 0.25) is 10.0 Å². The van der Waals surface area contributed by atoms with Gasteiger partial charge in [-0.1, -0.05) is 22.0 Å². The summed E-state index contributed by atoms with van der Waals surface area (Å²) in [5, 5.41) is 2.97. The van der Waals surface area contributed by atoms with E-state index in [0.29, 0.717) is 6.54 Å². The number of hydrogen-bond acceptors (Lipinski definition) is 3. The van der Waals surface area contributed by atoms with Crippen molar-refractivity contribution in [3.05, 3.63) is 28.2 Å². The van der Waals surface area contributed by atoms with Crippen LogP contribution in [0.15, 0.2) is 27.6 Å². The van der Waals surface area contributed by atoms with Gasteiger partial charge in [0.15, 0.2) is 0 Å². The fraction of sp³-hybridized carbons (Fsp3) is 0.455. The SMILES string of the molecule is CNC(C)CNS(=O)(=O)c1ccc(C)c(Br)c1. The van der Waals surface area contributed by atoms with Gasteiger partial charge in [-0.2, -0.15) is 0 Å². The van der Waals surface area contributed by atoms with Gasteiger partial charge in [-0.05, 0) is 38.6 Å². The van der Waals surface area contributed by atoms with Crippen LogP contribution in [0.4, 0.5) is 0 Å². The van der Waals surface area contributed by atoms with E-state index in [2.05, 4.69) is 26.0 Å². The molecule has 0 spiro atoms. The van der Waals surface area contributed by atoms with E-state index in [0.717, 1.165) is 10.0 Å². The number of likely N-dealkylation sites (N-methyl/N-ethyl adjacent to an activating group) is 1. The molecule has 4 nitrogen and oxygen atoms in total. The highest BCUT2D eigenvalue weighted by molar-refractivity contribution is 9.10. The van der Waals surface area contributed by atoms with Crippen LogP contribution >= 0.6 is 15.9 Å². The molecule has 0 aliphatic rings. The van der Waals surface area contributed by atoms with Gasteiger partial charge < -0.3 is 5.32 Å². The van der Waals surface area contributed by atoms with E-state index in [4.69, 9.17) is 0 Å². The molecule has 0 amide bonds. The van der Waals surface area contributed by atoms with E-state index in [1.807, 2.05) is 13.8 Å². The Hall–Kier alpha value is -0.430. The first-order chi connectivity index (χ1) is 7.86. The third kappa shape index (κ3) is 4.06. The van der Waals surface area contributed by atoms with Gasteiger partial charge in [0.1, 0.15) is 0 Å². The first-order valence-corrected chi connectivity index (χ1v) is 7.57. The molecule has 6 heteroatoms. The van der Waals surface area contributed by atoms with Crippen LogP contribution in [0.5, 0.6) is 0 Å². The fourth-order valence-electron chi connectivity index (χ4n) is 1.16. The number of halogens is 1. The Balaban J connectivity index is 2.86. The molecule has 1 aromatic rings. The minimum atomic E-state index is -3.42. The van der Waals surface area contributed by atoms with Gasteiger partial charge >= 0.3 is 0 Å². The van der Waals surface area contributed by atoms with Crippen LogP contribution in [0.25, 0.3) is 0 Å². The van der Waals surface area contributed by atoms with Crippen LogP contribution in [0.3, 0.4) is 0 Å². The molecule has 0 aromatic heterocycles. The van der Waals surface area contributed by atoms with Crippen molar-refractivity contribution in [3.63, 3.8) is 0 Å². The summed E-state index contributed by atoms with van der Waals surface area (Å²) in [5.41, 5.74) is 1.01. The molecule has 2 N–H and O–H groups in total. The highest BCUT2D eigenvalue weighted by Gasteiger charge is 2.15.